The summed E-state index contributed by atoms with van der Waals surface area (Å²) in [7, 11) is 0. The lowest BCUT2D eigenvalue weighted by atomic mass is 10.0. The highest BCUT2D eigenvalue weighted by molar-refractivity contribution is 5.89. The molecule has 0 aliphatic carbocycles. The lowest BCUT2D eigenvalue weighted by Crippen LogP contribution is -2.23. The summed E-state index contributed by atoms with van der Waals surface area (Å²) in [5.74, 6) is 0.158. The average molecular weight is 355 g/mol. The number of hydrogen-bond donors (Lipinski definition) is 2. The van der Waals surface area contributed by atoms with Crippen LogP contribution < -0.4 is 10.1 Å². The maximum Gasteiger partial charge on any atom is 0.335 e. The number of carbonyl (C=O) groups is 2. The first-order chi connectivity index (χ1) is 12.5. The predicted octanol–water partition coefficient (Wildman–Crippen LogP) is 3.67. The van der Waals surface area contributed by atoms with Crippen molar-refractivity contribution in [3.63, 3.8) is 0 Å². The fourth-order valence-electron chi connectivity index (χ4n) is 2.49. The zero-order valence-electron chi connectivity index (χ0n) is 15.2. The Hall–Kier alpha value is -2.82. The molecular formula is C21H25NO4. The quantitative estimate of drug-likeness (QED) is 0.720. The lowest BCUT2D eigenvalue weighted by molar-refractivity contribution is -0.121. The third kappa shape index (κ3) is 6.24. The van der Waals surface area contributed by atoms with Crippen molar-refractivity contribution in [1.82, 2.24) is 5.32 Å². The van der Waals surface area contributed by atoms with E-state index in [4.69, 9.17) is 4.74 Å². The summed E-state index contributed by atoms with van der Waals surface area (Å²) in [4.78, 5) is 23.3. The smallest absolute Gasteiger partial charge is 0.335 e. The Morgan fingerprint density at radius 1 is 1.12 bits per heavy atom. The molecule has 2 aromatic rings. The highest BCUT2D eigenvalue weighted by Crippen LogP contribution is 2.15. The fourth-order valence-corrected chi connectivity index (χ4v) is 2.49. The molecule has 0 saturated carbocycles. The zero-order chi connectivity index (χ0) is 18.9. The average Bonchev–Trinajstić information content (AvgIpc) is 2.63. The molecule has 138 valence electrons. The molecule has 2 aromatic carbocycles. The maximum absolute atomic E-state index is 12.1. The second-order valence-electron chi connectivity index (χ2n) is 6.59. The Morgan fingerprint density at radius 3 is 2.62 bits per heavy atom. The van der Waals surface area contributed by atoms with Crippen molar-refractivity contribution in [3.8, 4) is 5.75 Å². The van der Waals surface area contributed by atoms with E-state index >= 15 is 0 Å². The van der Waals surface area contributed by atoms with E-state index in [9.17, 15) is 14.7 Å². The lowest BCUT2D eigenvalue weighted by Gasteiger charge is -2.11. The summed E-state index contributed by atoms with van der Waals surface area (Å²) in [5.41, 5.74) is 1.88. The van der Waals surface area contributed by atoms with E-state index in [2.05, 4.69) is 19.2 Å². The van der Waals surface area contributed by atoms with Crippen LogP contribution in [-0.4, -0.2) is 23.6 Å². The van der Waals surface area contributed by atoms with E-state index in [1.165, 1.54) is 0 Å². The van der Waals surface area contributed by atoms with E-state index in [1.807, 2.05) is 24.3 Å². The van der Waals surface area contributed by atoms with E-state index in [0.29, 0.717) is 31.1 Å². The van der Waals surface area contributed by atoms with Crippen LogP contribution in [-0.2, 0) is 17.8 Å². The number of amides is 1. The SMILES string of the molecule is CC(C)COc1cccc(CNC(=O)CCc2ccccc2C(=O)O)c1. The first-order valence-electron chi connectivity index (χ1n) is 8.75. The van der Waals surface area contributed by atoms with Gasteiger partial charge in [0, 0.05) is 13.0 Å². The van der Waals surface area contributed by atoms with Crippen molar-refractivity contribution >= 4 is 11.9 Å². The summed E-state index contributed by atoms with van der Waals surface area (Å²) >= 11 is 0. The van der Waals surface area contributed by atoms with Crippen molar-refractivity contribution in [2.75, 3.05) is 6.61 Å². The number of carboxylic acid groups (broad SMARTS) is 1. The van der Waals surface area contributed by atoms with Gasteiger partial charge in [-0.05, 0) is 41.7 Å². The van der Waals surface area contributed by atoms with Gasteiger partial charge in [0.15, 0.2) is 0 Å². The third-order valence-electron chi connectivity index (χ3n) is 3.84. The molecule has 0 bridgehead atoms. The van der Waals surface area contributed by atoms with Crippen molar-refractivity contribution in [1.29, 1.82) is 0 Å². The molecule has 26 heavy (non-hydrogen) atoms. The minimum Gasteiger partial charge on any atom is -0.493 e. The first kappa shape index (κ1) is 19.5. The van der Waals surface area contributed by atoms with Gasteiger partial charge in [0.1, 0.15) is 5.75 Å². The molecule has 0 fully saturated rings. The highest BCUT2D eigenvalue weighted by atomic mass is 16.5. The molecule has 0 aliphatic heterocycles. The van der Waals surface area contributed by atoms with Crippen molar-refractivity contribution in [2.24, 2.45) is 5.92 Å². The number of carboxylic acids is 1. The Balaban J connectivity index is 1.84. The fraction of sp³-hybridized carbons (Fsp3) is 0.333. The van der Waals surface area contributed by atoms with Crippen LogP contribution in [0, 0.1) is 5.92 Å². The van der Waals surface area contributed by atoms with Gasteiger partial charge in [0.05, 0.1) is 12.2 Å². The van der Waals surface area contributed by atoms with Crippen LogP contribution in [0.2, 0.25) is 0 Å². The second kappa shape index (κ2) is 9.61. The van der Waals surface area contributed by atoms with E-state index < -0.39 is 5.97 Å². The molecule has 0 saturated heterocycles. The Morgan fingerprint density at radius 2 is 1.88 bits per heavy atom. The molecule has 0 radical (unpaired) electrons. The molecule has 0 aliphatic rings. The summed E-state index contributed by atoms with van der Waals surface area (Å²) in [5, 5.41) is 12.0. The largest absolute Gasteiger partial charge is 0.493 e. The topological polar surface area (TPSA) is 75.6 Å². The number of carbonyl (C=O) groups excluding carboxylic acids is 1. The van der Waals surface area contributed by atoms with Gasteiger partial charge in [-0.25, -0.2) is 4.79 Å². The van der Waals surface area contributed by atoms with Crippen LogP contribution in [0.3, 0.4) is 0 Å². The van der Waals surface area contributed by atoms with Crippen molar-refractivity contribution < 1.29 is 19.4 Å². The molecule has 0 unspecified atom stereocenters. The minimum atomic E-state index is -0.973. The number of rotatable bonds is 9. The van der Waals surface area contributed by atoms with Crippen molar-refractivity contribution in [2.45, 2.75) is 33.2 Å². The molecule has 2 N–H and O–H groups in total. The van der Waals surface area contributed by atoms with Gasteiger partial charge in [-0.15, -0.1) is 0 Å². The third-order valence-corrected chi connectivity index (χ3v) is 3.84. The molecule has 0 atom stereocenters. The van der Waals surface area contributed by atoms with Crippen LogP contribution in [0.25, 0.3) is 0 Å². The van der Waals surface area contributed by atoms with Crippen LogP contribution in [0.15, 0.2) is 48.5 Å². The Bertz CT molecular complexity index is 755. The second-order valence-corrected chi connectivity index (χ2v) is 6.59. The van der Waals surface area contributed by atoms with Gasteiger partial charge in [-0.3, -0.25) is 4.79 Å². The number of nitrogens with one attached hydrogen (secondary N) is 1. The molecule has 2 rings (SSSR count). The normalized spacial score (nSPS) is 10.6. The van der Waals surface area contributed by atoms with Crippen LogP contribution >= 0.6 is 0 Å². The molecule has 0 aromatic heterocycles. The summed E-state index contributed by atoms with van der Waals surface area (Å²) < 4.78 is 5.69. The van der Waals surface area contributed by atoms with Crippen molar-refractivity contribution in [3.05, 3.63) is 65.2 Å². The van der Waals surface area contributed by atoms with Crippen LogP contribution in [0.5, 0.6) is 5.75 Å². The molecule has 5 heteroatoms. The minimum absolute atomic E-state index is 0.112. The molecule has 0 spiro atoms. The molecular weight excluding hydrogens is 330 g/mol. The van der Waals surface area contributed by atoms with Gasteiger partial charge in [0.25, 0.3) is 0 Å². The summed E-state index contributed by atoms with van der Waals surface area (Å²) in [6, 6.07) is 14.4. The number of hydrogen-bond acceptors (Lipinski definition) is 3. The van der Waals surface area contributed by atoms with E-state index in [0.717, 1.165) is 11.3 Å². The number of benzene rings is 2. The monoisotopic (exact) mass is 355 g/mol. The van der Waals surface area contributed by atoms with Gasteiger partial charge in [-0.1, -0.05) is 44.2 Å². The maximum atomic E-state index is 12.1. The molecule has 1 amide bonds. The summed E-state index contributed by atoms with van der Waals surface area (Å²) in [6.45, 7) is 5.25. The van der Waals surface area contributed by atoms with Gasteiger partial charge < -0.3 is 15.2 Å². The Labute approximate surface area is 154 Å². The van der Waals surface area contributed by atoms with Gasteiger partial charge in [-0.2, -0.15) is 0 Å². The Kier molecular flexibility index (Phi) is 7.21. The number of aryl methyl sites for hydroxylation is 1. The van der Waals surface area contributed by atoms with E-state index in [-0.39, 0.29) is 17.9 Å². The predicted molar refractivity (Wildman–Crippen MR) is 100 cm³/mol. The summed E-state index contributed by atoms with van der Waals surface area (Å²) in [6.07, 6.45) is 0.639. The first-order valence-corrected chi connectivity index (χ1v) is 8.75. The van der Waals surface area contributed by atoms with Gasteiger partial charge >= 0.3 is 5.97 Å². The van der Waals surface area contributed by atoms with Crippen LogP contribution in [0.4, 0.5) is 0 Å². The van der Waals surface area contributed by atoms with E-state index in [1.54, 1.807) is 24.3 Å². The highest BCUT2D eigenvalue weighted by Gasteiger charge is 2.10. The standard InChI is InChI=1S/C21H25NO4/c1-15(2)14-26-18-8-5-6-16(12-18)13-22-20(23)11-10-17-7-3-4-9-19(17)21(24)25/h3-9,12,15H,10-11,13-14H2,1-2H3,(H,22,23)(H,24,25). The molecule has 5 nitrogen and oxygen atoms in total. The van der Waals surface area contributed by atoms with Gasteiger partial charge in [0.2, 0.25) is 5.91 Å². The number of ether oxygens (including phenoxy) is 1. The van der Waals surface area contributed by atoms with Crippen LogP contribution in [0.1, 0.15) is 41.8 Å². The number of aromatic carboxylic acids is 1. The molecule has 0 heterocycles. The zero-order valence-corrected chi connectivity index (χ0v) is 15.2.